The molecule has 0 N–H and O–H groups in total. The van der Waals surface area contributed by atoms with Gasteiger partial charge in [0.25, 0.3) is 0 Å². The molecule has 0 bridgehead atoms. The van der Waals surface area contributed by atoms with E-state index in [1.54, 1.807) is 30.3 Å². The number of hydrogen-bond donors (Lipinski definition) is 0. The van der Waals surface area contributed by atoms with Gasteiger partial charge in [-0.1, -0.05) is 23.4 Å². The molecule has 3 aliphatic rings. The van der Waals surface area contributed by atoms with Gasteiger partial charge in [-0.05, 0) is 60.4 Å². The van der Waals surface area contributed by atoms with E-state index in [9.17, 15) is 13.2 Å². The largest absolute Gasteiger partial charge is 0.494 e. The van der Waals surface area contributed by atoms with Crippen LogP contribution in [0.3, 0.4) is 0 Å². The van der Waals surface area contributed by atoms with Gasteiger partial charge in [-0.25, -0.2) is 9.67 Å². The zero-order valence-corrected chi connectivity index (χ0v) is 21.7. The highest BCUT2D eigenvalue weighted by Gasteiger charge is 2.48. The second kappa shape index (κ2) is 9.37. The average Bonchev–Trinajstić information content (AvgIpc) is 3.32. The number of thioether (sulfide) groups is 1. The highest BCUT2D eigenvalue weighted by molar-refractivity contribution is 8.00. The first-order chi connectivity index (χ1) is 18.2. The van der Waals surface area contributed by atoms with Gasteiger partial charge >= 0.3 is 6.18 Å². The molecule has 6 rings (SSSR count). The fourth-order valence-electron chi connectivity index (χ4n) is 5.29. The fourth-order valence-corrected chi connectivity index (χ4v) is 6.46. The standard InChI is InChI=1S/C27H26F3N5O2S/c1-17-31-16-35(32-17)22-8-3-18(10-24(22)36-2)9-20-11-26(14-38-15-26)13-34-23(12-37-33-25(20)34)19-4-6-21(7-5-19)27(28,29)30/h3-10,16,23H,11-15H2,1-2H3/b20-9+. The smallest absolute Gasteiger partial charge is 0.416 e. The van der Waals surface area contributed by atoms with Crippen molar-refractivity contribution in [1.29, 1.82) is 0 Å². The van der Waals surface area contributed by atoms with Crippen molar-refractivity contribution in [3.05, 3.63) is 76.9 Å². The Morgan fingerprint density at radius 1 is 1.16 bits per heavy atom. The molecule has 0 saturated carbocycles. The third kappa shape index (κ3) is 4.53. The van der Waals surface area contributed by atoms with Crippen molar-refractivity contribution in [1.82, 2.24) is 19.7 Å². The molecule has 0 aliphatic carbocycles. The first-order valence-electron chi connectivity index (χ1n) is 12.2. The number of nitrogens with zero attached hydrogens (tertiary/aromatic N) is 5. The molecule has 0 radical (unpaired) electrons. The zero-order chi connectivity index (χ0) is 26.5. The summed E-state index contributed by atoms with van der Waals surface area (Å²) in [5.74, 6) is 4.13. The van der Waals surface area contributed by atoms with Crippen molar-refractivity contribution < 1.29 is 22.7 Å². The predicted molar refractivity (Wildman–Crippen MR) is 139 cm³/mol. The second-order valence-corrected chi connectivity index (χ2v) is 11.0. The van der Waals surface area contributed by atoms with Gasteiger partial charge in [0.15, 0.2) is 5.84 Å². The van der Waals surface area contributed by atoms with Crippen molar-refractivity contribution in [2.75, 3.05) is 31.8 Å². The van der Waals surface area contributed by atoms with Crippen LogP contribution in [-0.2, 0) is 11.0 Å². The van der Waals surface area contributed by atoms with E-state index in [2.05, 4.69) is 26.2 Å². The summed E-state index contributed by atoms with van der Waals surface area (Å²) < 4.78 is 46.8. The lowest BCUT2D eigenvalue weighted by molar-refractivity contribution is -0.137. The Morgan fingerprint density at radius 2 is 1.95 bits per heavy atom. The molecular formula is C27H26F3N5O2S. The van der Waals surface area contributed by atoms with Crippen LogP contribution in [0.15, 0.2) is 59.5 Å². The Hall–Kier alpha value is -3.47. The Morgan fingerprint density at radius 3 is 2.58 bits per heavy atom. The first-order valence-corrected chi connectivity index (χ1v) is 13.4. The summed E-state index contributed by atoms with van der Waals surface area (Å²) in [5.41, 5.74) is 2.99. The Labute approximate surface area is 222 Å². The van der Waals surface area contributed by atoms with E-state index in [1.165, 1.54) is 0 Å². The number of piperidine rings is 1. The summed E-state index contributed by atoms with van der Waals surface area (Å²) >= 11 is 1.91. The predicted octanol–water partition coefficient (Wildman–Crippen LogP) is 5.51. The maximum Gasteiger partial charge on any atom is 0.416 e. The number of aryl methyl sites for hydroxylation is 1. The van der Waals surface area contributed by atoms with Crippen LogP contribution in [0, 0.1) is 12.3 Å². The minimum atomic E-state index is -4.37. The number of hydrogen-bond acceptors (Lipinski definition) is 7. The number of oxime groups is 1. The van der Waals surface area contributed by atoms with Crippen LogP contribution in [0.5, 0.6) is 5.75 Å². The van der Waals surface area contributed by atoms with E-state index in [4.69, 9.17) is 9.57 Å². The van der Waals surface area contributed by atoms with E-state index >= 15 is 0 Å². The fraction of sp³-hybridized carbons (Fsp3) is 0.370. The Bertz CT molecular complexity index is 1410. The molecule has 0 amide bonds. The summed E-state index contributed by atoms with van der Waals surface area (Å²) in [6, 6.07) is 11.1. The van der Waals surface area contributed by atoms with Crippen molar-refractivity contribution >= 4 is 23.7 Å². The Balaban J connectivity index is 1.34. The van der Waals surface area contributed by atoms with Crippen molar-refractivity contribution in [3.63, 3.8) is 0 Å². The number of methoxy groups -OCH3 is 1. The molecule has 2 aromatic carbocycles. The number of benzene rings is 2. The summed E-state index contributed by atoms with van der Waals surface area (Å²) in [7, 11) is 1.62. The van der Waals surface area contributed by atoms with E-state index in [0.717, 1.165) is 64.8 Å². The van der Waals surface area contributed by atoms with Crippen LogP contribution in [0.1, 0.15) is 35.0 Å². The maximum absolute atomic E-state index is 13.1. The SMILES string of the molecule is COc1cc(/C=C2\CC3(CSC3)CN3C2=NOCC3c2ccc(C(F)(F)F)cc2)ccc1-n1cnc(C)n1. The highest BCUT2D eigenvalue weighted by atomic mass is 32.2. The minimum absolute atomic E-state index is 0.0965. The third-order valence-electron chi connectivity index (χ3n) is 7.23. The monoisotopic (exact) mass is 541 g/mol. The lowest BCUT2D eigenvalue weighted by Gasteiger charge is -2.52. The van der Waals surface area contributed by atoms with Gasteiger partial charge in [0.1, 0.15) is 30.2 Å². The zero-order valence-electron chi connectivity index (χ0n) is 20.9. The van der Waals surface area contributed by atoms with Crippen molar-refractivity contribution in [3.8, 4) is 11.4 Å². The molecule has 3 aliphatic heterocycles. The van der Waals surface area contributed by atoms with Crippen LogP contribution in [0.2, 0.25) is 0 Å². The van der Waals surface area contributed by atoms with Crippen LogP contribution in [0.4, 0.5) is 13.2 Å². The van der Waals surface area contributed by atoms with Gasteiger partial charge in [0, 0.05) is 23.5 Å². The van der Waals surface area contributed by atoms with E-state index < -0.39 is 11.7 Å². The Kier molecular flexibility index (Phi) is 6.13. The molecule has 1 spiro atoms. The summed E-state index contributed by atoms with van der Waals surface area (Å²) in [6.45, 7) is 2.90. The minimum Gasteiger partial charge on any atom is -0.494 e. The van der Waals surface area contributed by atoms with Gasteiger partial charge < -0.3 is 14.5 Å². The molecule has 3 aromatic rings. The number of aromatic nitrogens is 3. The topological polar surface area (TPSA) is 64.8 Å². The van der Waals surface area contributed by atoms with Gasteiger partial charge in [0.05, 0.1) is 18.7 Å². The summed E-state index contributed by atoms with van der Waals surface area (Å²) in [4.78, 5) is 12.1. The van der Waals surface area contributed by atoms with Gasteiger partial charge in [0.2, 0.25) is 0 Å². The molecule has 7 nitrogen and oxygen atoms in total. The molecule has 2 fully saturated rings. The van der Waals surface area contributed by atoms with Crippen LogP contribution in [0.25, 0.3) is 11.8 Å². The van der Waals surface area contributed by atoms with Gasteiger partial charge in [-0.15, -0.1) is 0 Å². The normalized spacial score (nSPS) is 21.5. The number of alkyl halides is 3. The van der Waals surface area contributed by atoms with Crippen molar-refractivity contribution in [2.45, 2.75) is 25.6 Å². The van der Waals surface area contributed by atoms with E-state index in [-0.39, 0.29) is 18.1 Å². The van der Waals surface area contributed by atoms with Gasteiger partial charge in [-0.2, -0.15) is 30.0 Å². The highest BCUT2D eigenvalue weighted by Crippen LogP contribution is 2.49. The van der Waals surface area contributed by atoms with E-state index in [0.29, 0.717) is 11.6 Å². The van der Waals surface area contributed by atoms with Gasteiger partial charge in [-0.3, -0.25) is 0 Å². The number of amidine groups is 1. The molecule has 1 atom stereocenters. The molecule has 198 valence electrons. The number of fused-ring (bicyclic) bond motifs is 1. The molecule has 4 heterocycles. The number of rotatable bonds is 4. The lowest BCUT2D eigenvalue weighted by atomic mass is 9.78. The quantitative estimate of drug-likeness (QED) is 0.434. The summed E-state index contributed by atoms with van der Waals surface area (Å²) in [6.07, 6.45) is 0.238. The molecule has 1 aromatic heterocycles. The third-order valence-corrected chi connectivity index (χ3v) is 8.86. The summed E-state index contributed by atoms with van der Waals surface area (Å²) in [5, 5.41) is 8.82. The molecule has 11 heteroatoms. The second-order valence-electron chi connectivity index (χ2n) is 9.98. The molecule has 2 saturated heterocycles. The van der Waals surface area contributed by atoms with E-state index in [1.807, 2.05) is 36.9 Å². The number of ether oxygens (including phenoxy) is 1. The maximum atomic E-state index is 13.1. The molecular weight excluding hydrogens is 515 g/mol. The average molecular weight is 542 g/mol. The van der Waals surface area contributed by atoms with Crippen molar-refractivity contribution in [2.24, 2.45) is 10.6 Å². The molecule has 38 heavy (non-hydrogen) atoms. The van der Waals surface area contributed by atoms with Crippen LogP contribution >= 0.6 is 11.8 Å². The van der Waals surface area contributed by atoms with Crippen LogP contribution < -0.4 is 4.74 Å². The number of halogens is 3. The van der Waals surface area contributed by atoms with Crippen LogP contribution in [-0.4, -0.2) is 57.3 Å². The lowest BCUT2D eigenvalue weighted by Crippen LogP contribution is -2.56. The molecule has 1 unspecified atom stereocenters. The first kappa shape index (κ1) is 24.8.